The zero-order chi connectivity index (χ0) is 19.6. The number of aromatic nitrogens is 1. The van der Waals surface area contributed by atoms with Crippen molar-refractivity contribution in [2.24, 2.45) is 16.1 Å². The number of benzene rings is 1. The lowest BCUT2D eigenvalue weighted by atomic mass is 9.84. The van der Waals surface area contributed by atoms with E-state index in [0.717, 1.165) is 37.7 Å². The number of nitrogens with one attached hydrogen (secondary N) is 1. The molecular weight excluding hydrogens is 355 g/mol. The van der Waals surface area contributed by atoms with Crippen LogP contribution >= 0.6 is 0 Å². The Balaban J connectivity index is 1.52. The predicted octanol–water partition coefficient (Wildman–Crippen LogP) is 3.93. The number of nitrogens with zero attached hydrogens (tertiary/aromatic N) is 2. The van der Waals surface area contributed by atoms with Gasteiger partial charge in [0, 0.05) is 24.2 Å². The molecule has 0 saturated heterocycles. The Morgan fingerprint density at radius 2 is 1.96 bits per heavy atom. The average molecular weight is 378 g/mol. The fraction of sp³-hybridized carbons (Fsp3) is 0.318. The summed E-state index contributed by atoms with van der Waals surface area (Å²) in [5.74, 6) is -0.615. The van der Waals surface area contributed by atoms with Gasteiger partial charge in [0.15, 0.2) is 0 Å². The van der Waals surface area contributed by atoms with Crippen molar-refractivity contribution < 1.29 is 9.18 Å². The zero-order valence-corrected chi connectivity index (χ0v) is 15.6. The van der Waals surface area contributed by atoms with Gasteiger partial charge in [0.1, 0.15) is 5.84 Å². The third kappa shape index (κ3) is 3.19. The van der Waals surface area contributed by atoms with E-state index in [-0.39, 0.29) is 17.2 Å². The topological polar surface area (TPSA) is 80.4 Å². The molecule has 0 radical (unpaired) electrons. The molecule has 2 aromatic rings. The Morgan fingerprint density at radius 1 is 1.21 bits per heavy atom. The van der Waals surface area contributed by atoms with Crippen LogP contribution in [0.5, 0.6) is 0 Å². The molecule has 3 N–H and O–H groups in total. The maximum absolute atomic E-state index is 13.2. The fourth-order valence-corrected chi connectivity index (χ4v) is 4.64. The molecule has 2 saturated carbocycles. The summed E-state index contributed by atoms with van der Waals surface area (Å²) < 4.78 is 13.1. The van der Waals surface area contributed by atoms with E-state index in [1.54, 1.807) is 6.07 Å². The van der Waals surface area contributed by atoms with Crippen LogP contribution in [-0.4, -0.2) is 16.7 Å². The summed E-state index contributed by atoms with van der Waals surface area (Å²) in [7, 11) is 0. The largest absolute Gasteiger partial charge is 0.384 e. The zero-order valence-electron chi connectivity index (χ0n) is 15.6. The van der Waals surface area contributed by atoms with Crippen LogP contribution in [0.4, 0.5) is 10.1 Å². The van der Waals surface area contributed by atoms with Crippen molar-refractivity contribution in [1.82, 2.24) is 4.98 Å². The van der Waals surface area contributed by atoms with Crippen molar-refractivity contribution in [3.63, 3.8) is 0 Å². The van der Waals surface area contributed by atoms with Gasteiger partial charge in [0.05, 0.1) is 5.41 Å². The second-order valence-electron chi connectivity index (χ2n) is 7.62. The molecule has 1 amide bonds. The maximum atomic E-state index is 13.2. The van der Waals surface area contributed by atoms with Gasteiger partial charge in [0.2, 0.25) is 5.95 Å². The van der Waals surface area contributed by atoms with Crippen molar-refractivity contribution >= 4 is 17.4 Å². The molecule has 1 heterocycles. The monoisotopic (exact) mass is 378 g/mol. The molecule has 1 atom stereocenters. The summed E-state index contributed by atoms with van der Waals surface area (Å²) in [6, 6.07) is 12.8. The quantitative estimate of drug-likeness (QED) is 0.469. The number of amidine groups is 1. The molecule has 4 rings (SSSR count). The predicted molar refractivity (Wildman–Crippen MR) is 107 cm³/mol. The molecule has 1 aromatic carbocycles. The minimum Gasteiger partial charge on any atom is -0.384 e. The van der Waals surface area contributed by atoms with Crippen molar-refractivity contribution in [2.75, 3.05) is 5.32 Å². The smallest absolute Gasteiger partial charge is 0.258 e. The van der Waals surface area contributed by atoms with Crippen LogP contribution in [-0.2, 0) is 10.2 Å². The fourth-order valence-electron chi connectivity index (χ4n) is 4.64. The van der Waals surface area contributed by atoms with Gasteiger partial charge in [-0.25, -0.2) is 4.98 Å². The Kier molecular flexibility index (Phi) is 4.71. The summed E-state index contributed by atoms with van der Waals surface area (Å²) in [5.41, 5.74) is 7.03. The van der Waals surface area contributed by atoms with Crippen LogP contribution in [0, 0.1) is 11.4 Å². The molecule has 28 heavy (non-hydrogen) atoms. The first kappa shape index (κ1) is 18.3. The minimum absolute atomic E-state index is 0.0335. The first-order valence-electron chi connectivity index (χ1n) is 9.55. The number of nitrogens with two attached hydrogens (primary N) is 1. The average Bonchev–Trinajstić information content (AvgIpc) is 3.10. The van der Waals surface area contributed by atoms with Gasteiger partial charge in [-0.15, -0.1) is 0 Å². The second kappa shape index (κ2) is 7.19. The van der Waals surface area contributed by atoms with E-state index in [4.69, 9.17) is 5.73 Å². The molecule has 2 fully saturated rings. The molecule has 0 bridgehead atoms. The van der Waals surface area contributed by atoms with Crippen LogP contribution in [0.3, 0.4) is 0 Å². The van der Waals surface area contributed by atoms with Gasteiger partial charge in [-0.05, 0) is 42.4 Å². The van der Waals surface area contributed by atoms with Gasteiger partial charge < -0.3 is 11.1 Å². The number of carbonyl (C=O) groups is 1. The molecule has 1 aromatic heterocycles. The summed E-state index contributed by atoms with van der Waals surface area (Å²) in [4.78, 5) is 20.9. The number of carbonyl (C=O) groups excluding carboxylic acids is 1. The lowest BCUT2D eigenvalue weighted by molar-refractivity contribution is -0.121. The first-order valence-corrected chi connectivity index (χ1v) is 9.55. The van der Waals surface area contributed by atoms with Gasteiger partial charge >= 0.3 is 0 Å². The Hall–Kier alpha value is -3.02. The van der Waals surface area contributed by atoms with Crippen molar-refractivity contribution in [3.8, 4) is 0 Å². The van der Waals surface area contributed by atoms with E-state index in [1.165, 1.54) is 24.5 Å². The highest BCUT2D eigenvalue weighted by molar-refractivity contribution is 6.05. The Bertz CT molecular complexity index is 935. The molecule has 6 heteroatoms. The number of hydrogen-bond acceptors (Lipinski definition) is 3. The van der Waals surface area contributed by atoms with Crippen LogP contribution in [0.25, 0.3) is 0 Å². The molecule has 5 nitrogen and oxygen atoms in total. The van der Waals surface area contributed by atoms with Crippen LogP contribution in [0.1, 0.15) is 37.7 Å². The standard InChI is InChI=1S/C22H23FN4O/c23-18-14-17(8-12-26-18)25-13-9-19(24)27-20(28)22(16-6-2-1-3-7-16)15-21(22)10-4-5-11-21/h1-3,6-9,12-14H,4-5,10-11,15H2,(H,25,26)(H2,24,27,28)/b13-9-/t22-/m0/s1. The molecule has 0 unspecified atom stereocenters. The molecular formula is C22H23FN4O. The van der Waals surface area contributed by atoms with Gasteiger partial charge in [-0.3, -0.25) is 4.79 Å². The van der Waals surface area contributed by atoms with E-state index in [9.17, 15) is 9.18 Å². The summed E-state index contributed by atoms with van der Waals surface area (Å²) in [6.07, 6.45) is 9.71. The van der Waals surface area contributed by atoms with Crippen molar-refractivity contribution in [1.29, 1.82) is 0 Å². The third-order valence-electron chi connectivity index (χ3n) is 6.04. The number of anilines is 1. The maximum Gasteiger partial charge on any atom is 0.258 e. The van der Waals surface area contributed by atoms with Crippen molar-refractivity contribution in [2.45, 2.75) is 37.5 Å². The van der Waals surface area contributed by atoms with E-state index in [0.29, 0.717) is 5.69 Å². The minimum atomic E-state index is -0.574. The van der Waals surface area contributed by atoms with E-state index in [1.807, 2.05) is 30.3 Å². The molecule has 0 aliphatic heterocycles. The van der Waals surface area contributed by atoms with E-state index < -0.39 is 11.4 Å². The highest BCUT2D eigenvalue weighted by Crippen LogP contribution is 2.72. The second-order valence-corrected chi connectivity index (χ2v) is 7.62. The highest BCUT2D eigenvalue weighted by atomic mass is 19.1. The number of pyridine rings is 1. The van der Waals surface area contributed by atoms with E-state index in [2.05, 4.69) is 15.3 Å². The van der Waals surface area contributed by atoms with Crippen LogP contribution in [0.15, 0.2) is 65.9 Å². The van der Waals surface area contributed by atoms with Crippen LogP contribution < -0.4 is 11.1 Å². The van der Waals surface area contributed by atoms with Crippen LogP contribution in [0.2, 0.25) is 0 Å². The lowest BCUT2D eigenvalue weighted by Crippen LogP contribution is -2.28. The number of aliphatic imine (C=N–C) groups is 1. The van der Waals surface area contributed by atoms with E-state index >= 15 is 0 Å². The SMILES string of the molecule is NC(/C=C\Nc1ccnc(F)c1)=NC(=O)[C@@]1(c2ccccc2)CC12CCCC2. The first-order chi connectivity index (χ1) is 13.6. The summed E-state index contributed by atoms with van der Waals surface area (Å²) in [6.45, 7) is 0. The normalized spacial score (nSPS) is 23.2. The van der Waals surface area contributed by atoms with Gasteiger partial charge in [0.25, 0.3) is 5.91 Å². The summed E-state index contributed by atoms with van der Waals surface area (Å²) >= 11 is 0. The summed E-state index contributed by atoms with van der Waals surface area (Å²) in [5, 5.41) is 2.89. The molecule has 1 spiro atoms. The highest BCUT2D eigenvalue weighted by Gasteiger charge is 2.72. The van der Waals surface area contributed by atoms with Gasteiger partial charge in [-0.2, -0.15) is 9.38 Å². The molecule has 2 aliphatic carbocycles. The number of rotatable bonds is 5. The third-order valence-corrected chi connectivity index (χ3v) is 6.04. The Morgan fingerprint density at radius 3 is 2.68 bits per heavy atom. The molecule has 2 aliphatic rings. The Labute approximate surface area is 163 Å². The van der Waals surface area contributed by atoms with Gasteiger partial charge in [-0.1, -0.05) is 43.2 Å². The molecule has 144 valence electrons. The number of hydrogen-bond donors (Lipinski definition) is 2. The van der Waals surface area contributed by atoms with Crippen molar-refractivity contribution in [3.05, 3.63) is 72.4 Å². The number of halogens is 1. The lowest BCUT2D eigenvalue weighted by Gasteiger charge is -2.20. The number of amides is 1.